The first kappa shape index (κ1) is 10.2. The second-order valence-electron chi connectivity index (χ2n) is 3.50. The van der Waals surface area contributed by atoms with E-state index in [4.69, 9.17) is 4.74 Å². The molecule has 0 saturated carbocycles. The number of hydrogen-bond acceptors (Lipinski definition) is 2. The molecule has 1 aromatic rings. The lowest BCUT2D eigenvalue weighted by Crippen LogP contribution is -2.20. The molecule has 0 spiro atoms. The zero-order chi connectivity index (χ0) is 10.7. The summed E-state index contributed by atoms with van der Waals surface area (Å²) >= 11 is 0. The van der Waals surface area contributed by atoms with Gasteiger partial charge in [0.15, 0.2) is 11.6 Å². The van der Waals surface area contributed by atoms with Gasteiger partial charge in [-0.1, -0.05) is 18.2 Å². The van der Waals surface area contributed by atoms with Gasteiger partial charge in [0, 0.05) is 12.1 Å². The molecular formula is C12H14FNO. The Hall–Kier alpha value is -1.35. The molecule has 80 valence electrons. The van der Waals surface area contributed by atoms with Crippen molar-refractivity contribution in [3.63, 3.8) is 0 Å². The highest BCUT2D eigenvalue weighted by Gasteiger charge is 2.13. The van der Waals surface area contributed by atoms with E-state index >= 15 is 0 Å². The molecule has 0 fully saturated rings. The van der Waals surface area contributed by atoms with Crippen LogP contribution in [0.15, 0.2) is 24.3 Å². The topological polar surface area (TPSA) is 21.3 Å². The Morgan fingerprint density at radius 2 is 2.27 bits per heavy atom. The first-order chi connectivity index (χ1) is 7.33. The molecule has 1 N–H and O–H groups in total. The van der Waals surface area contributed by atoms with Gasteiger partial charge in [0.25, 0.3) is 0 Å². The summed E-state index contributed by atoms with van der Waals surface area (Å²) in [6, 6.07) is 5.04. The number of halogens is 1. The fraction of sp³-hybridized carbons (Fsp3) is 0.333. The molecule has 0 atom stereocenters. The van der Waals surface area contributed by atoms with Crippen LogP contribution in [0.1, 0.15) is 12.0 Å². The van der Waals surface area contributed by atoms with E-state index in [1.165, 1.54) is 13.2 Å². The second kappa shape index (κ2) is 4.45. The molecule has 0 unspecified atom stereocenters. The van der Waals surface area contributed by atoms with E-state index in [0.717, 1.165) is 30.6 Å². The van der Waals surface area contributed by atoms with Gasteiger partial charge in [-0.15, -0.1) is 0 Å². The molecule has 0 aromatic heterocycles. The Labute approximate surface area is 88.8 Å². The zero-order valence-corrected chi connectivity index (χ0v) is 8.72. The molecule has 0 radical (unpaired) electrons. The largest absolute Gasteiger partial charge is 0.493 e. The Morgan fingerprint density at radius 3 is 2.93 bits per heavy atom. The summed E-state index contributed by atoms with van der Waals surface area (Å²) < 4.78 is 18.5. The smallest absolute Gasteiger partial charge is 0.165 e. The van der Waals surface area contributed by atoms with Crippen LogP contribution in [-0.4, -0.2) is 20.2 Å². The molecule has 3 heteroatoms. The van der Waals surface area contributed by atoms with Gasteiger partial charge in [-0.25, -0.2) is 4.39 Å². The lowest BCUT2D eigenvalue weighted by Gasteiger charge is -2.16. The quantitative estimate of drug-likeness (QED) is 0.802. The number of ether oxygens (including phenoxy) is 1. The second-order valence-corrected chi connectivity index (χ2v) is 3.50. The van der Waals surface area contributed by atoms with Gasteiger partial charge in [-0.05, 0) is 24.6 Å². The number of benzene rings is 1. The van der Waals surface area contributed by atoms with E-state index in [1.54, 1.807) is 6.07 Å². The third-order valence-electron chi connectivity index (χ3n) is 2.58. The van der Waals surface area contributed by atoms with Crippen molar-refractivity contribution in [1.82, 2.24) is 5.32 Å². The number of methoxy groups -OCH3 is 1. The van der Waals surface area contributed by atoms with Crippen molar-refractivity contribution in [3.8, 4) is 5.75 Å². The molecule has 1 aliphatic heterocycles. The van der Waals surface area contributed by atoms with Crippen LogP contribution in [0.25, 0.3) is 5.57 Å². The molecule has 0 amide bonds. The van der Waals surface area contributed by atoms with Crippen LogP contribution in [0.2, 0.25) is 0 Å². The van der Waals surface area contributed by atoms with Crippen LogP contribution in [0.4, 0.5) is 4.39 Å². The minimum Gasteiger partial charge on any atom is -0.493 e. The highest BCUT2D eigenvalue weighted by molar-refractivity contribution is 5.71. The van der Waals surface area contributed by atoms with E-state index < -0.39 is 0 Å². The summed E-state index contributed by atoms with van der Waals surface area (Å²) in [5, 5.41) is 3.23. The van der Waals surface area contributed by atoms with Crippen molar-refractivity contribution in [2.45, 2.75) is 6.42 Å². The third-order valence-corrected chi connectivity index (χ3v) is 2.58. The maximum atomic E-state index is 13.4. The molecule has 15 heavy (non-hydrogen) atoms. The number of rotatable bonds is 2. The van der Waals surface area contributed by atoms with Crippen LogP contribution < -0.4 is 10.1 Å². The summed E-state index contributed by atoms with van der Waals surface area (Å²) in [6.45, 7) is 1.78. The molecule has 0 saturated heterocycles. The Balaban J connectivity index is 2.42. The van der Waals surface area contributed by atoms with Gasteiger partial charge in [-0.3, -0.25) is 0 Å². The monoisotopic (exact) mass is 207 g/mol. The standard InChI is InChI=1S/C12H14FNO/c1-15-12-10(3-2-4-11(12)13)9-5-7-14-8-6-9/h2-5,14H,6-8H2,1H3. The molecular weight excluding hydrogens is 193 g/mol. The Bertz CT molecular complexity index is 387. The first-order valence-electron chi connectivity index (χ1n) is 5.05. The normalized spacial score (nSPS) is 16.0. The average Bonchev–Trinajstić information content (AvgIpc) is 2.30. The summed E-state index contributed by atoms with van der Waals surface area (Å²) in [6.07, 6.45) is 3.00. The zero-order valence-electron chi connectivity index (χ0n) is 8.72. The molecule has 0 bridgehead atoms. The maximum absolute atomic E-state index is 13.4. The molecule has 1 heterocycles. The van der Waals surface area contributed by atoms with Crippen LogP contribution in [0.5, 0.6) is 5.75 Å². The fourth-order valence-corrected chi connectivity index (χ4v) is 1.84. The predicted molar refractivity (Wildman–Crippen MR) is 58.4 cm³/mol. The number of nitrogens with one attached hydrogen (secondary N) is 1. The first-order valence-corrected chi connectivity index (χ1v) is 5.05. The van der Waals surface area contributed by atoms with Crippen molar-refractivity contribution >= 4 is 5.57 Å². The van der Waals surface area contributed by atoms with Crippen molar-refractivity contribution in [3.05, 3.63) is 35.7 Å². The number of para-hydroxylation sites is 1. The van der Waals surface area contributed by atoms with Crippen molar-refractivity contribution in [1.29, 1.82) is 0 Å². The summed E-state index contributed by atoms with van der Waals surface area (Å²) in [5.74, 6) is 0.0556. The van der Waals surface area contributed by atoms with E-state index in [1.807, 2.05) is 6.07 Å². The average molecular weight is 207 g/mol. The van der Waals surface area contributed by atoms with Gasteiger partial charge in [0.05, 0.1) is 7.11 Å². The lowest BCUT2D eigenvalue weighted by atomic mass is 9.99. The predicted octanol–water partition coefficient (Wildman–Crippen LogP) is 2.21. The van der Waals surface area contributed by atoms with Crippen LogP contribution in [0, 0.1) is 5.82 Å². The van der Waals surface area contributed by atoms with Gasteiger partial charge >= 0.3 is 0 Å². The SMILES string of the molecule is COc1c(F)cccc1C1=CCNCC1. The maximum Gasteiger partial charge on any atom is 0.165 e. The van der Waals surface area contributed by atoms with Gasteiger partial charge in [-0.2, -0.15) is 0 Å². The van der Waals surface area contributed by atoms with E-state index in [9.17, 15) is 4.39 Å². The van der Waals surface area contributed by atoms with Crippen LogP contribution in [-0.2, 0) is 0 Å². The van der Waals surface area contributed by atoms with Gasteiger partial charge < -0.3 is 10.1 Å². The van der Waals surface area contributed by atoms with Crippen molar-refractivity contribution in [2.24, 2.45) is 0 Å². The van der Waals surface area contributed by atoms with E-state index in [0.29, 0.717) is 5.75 Å². The Kier molecular flexibility index (Phi) is 3.02. The van der Waals surface area contributed by atoms with Crippen LogP contribution in [0.3, 0.4) is 0 Å². The molecule has 2 rings (SSSR count). The summed E-state index contributed by atoms with van der Waals surface area (Å²) in [7, 11) is 1.50. The van der Waals surface area contributed by atoms with Crippen LogP contribution >= 0.6 is 0 Å². The highest BCUT2D eigenvalue weighted by atomic mass is 19.1. The third kappa shape index (κ3) is 2.02. The van der Waals surface area contributed by atoms with E-state index in [2.05, 4.69) is 11.4 Å². The Morgan fingerprint density at radius 1 is 1.40 bits per heavy atom. The van der Waals surface area contributed by atoms with Crippen molar-refractivity contribution in [2.75, 3.05) is 20.2 Å². The van der Waals surface area contributed by atoms with Gasteiger partial charge in [0.1, 0.15) is 0 Å². The molecule has 1 aliphatic rings. The molecule has 1 aromatic carbocycles. The van der Waals surface area contributed by atoms with Crippen molar-refractivity contribution < 1.29 is 9.13 Å². The highest BCUT2D eigenvalue weighted by Crippen LogP contribution is 2.30. The minimum atomic E-state index is -0.297. The molecule has 0 aliphatic carbocycles. The van der Waals surface area contributed by atoms with Gasteiger partial charge in [0.2, 0.25) is 0 Å². The molecule has 2 nitrogen and oxygen atoms in total. The van der Waals surface area contributed by atoms with E-state index in [-0.39, 0.29) is 5.82 Å². The number of hydrogen-bond donors (Lipinski definition) is 1. The fourth-order valence-electron chi connectivity index (χ4n) is 1.84. The lowest BCUT2D eigenvalue weighted by molar-refractivity contribution is 0.385. The summed E-state index contributed by atoms with van der Waals surface area (Å²) in [4.78, 5) is 0. The minimum absolute atomic E-state index is 0.297. The summed E-state index contributed by atoms with van der Waals surface area (Å²) in [5.41, 5.74) is 2.03.